The van der Waals surface area contributed by atoms with Crippen LogP contribution in [0.25, 0.3) is 0 Å². The Hall–Kier alpha value is -1.10. The van der Waals surface area contributed by atoms with Gasteiger partial charge in [-0.3, -0.25) is 4.79 Å². The molecule has 2 N–H and O–H groups in total. The van der Waals surface area contributed by atoms with Crippen LogP contribution in [0, 0.1) is 0 Å². The van der Waals surface area contributed by atoms with Crippen LogP contribution in [0.3, 0.4) is 0 Å². The Labute approximate surface area is 90.5 Å². The van der Waals surface area contributed by atoms with Crippen molar-refractivity contribution in [3.8, 4) is 0 Å². The molecule has 0 fully saturated rings. The number of nitrogens with zero attached hydrogens (tertiary/aromatic N) is 1. The quantitative estimate of drug-likeness (QED) is 0.795. The molecule has 14 heavy (non-hydrogen) atoms. The first-order valence-corrected chi connectivity index (χ1v) is 5.05. The lowest BCUT2D eigenvalue weighted by Crippen LogP contribution is -2.05. The van der Waals surface area contributed by atoms with Crippen molar-refractivity contribution in [2.45, 2.75) is 12.8 Å². The standard InChI is InChI=1S/C9H11BrN2O2/c10-7-3-4-8(12-6-7)11-5-1-2-9(13)14/h3-4,6H,1-2,5H2,(H,11,12)(H,13,14). The molecule has 76 valence electrons. The first-order chi connectivity index (χ1) is 6.68. The minimum Gasteiger partial charge on any atom is -0.481 e. The van der Waals surface area contributed by atoms with E-state index >= 15 is 0 Å². The third-order valence-electron chi connectivity index (χ3n) is 1.60. The maximum absolute atomic E-state index is 10.2. The average Bonchev–Trinajstić information content (AvgIpc) is 2.15. The van der Waals surface area contributed by atoms with Gasteiger partial charge in [0.05, 0.1) is 0 Å². The monoisotopic (exact) mass is 258 g/mol. The molecule has 0 radical (unpaired) electrons. The summed E-state index contributed by atoms with van der Waals surface area (Å²) in [7, 11) is 0. The van der Waals surface area contributed by atoms with Gasteiger partial charge in [0, 0.05) is 23.6 Å². The van der Waals surface area contributed by atoms with Crippen LogP contribution in [-0.4, -0.2) is 22.6 Å². The van der Waals surface area contributed by atoms with Crippen molar-refractivity contribution in [1.82, 2.24) is 4.98 Å². The lowest BCUT2D eigenvalue weighted by Gasteiger charge is -2.03. The first-order valence-electron chi connectivity index (χ1n) is 4.25. The van der Waals surface area contributed by atoms with Crippen LogP contribution in [0.5, 0.6) is 0 Å². The number of aliphatic carboxylic acids is 1. The minimum atomic E-state index is -0.768. The highest BCUT2D eigenvalue weighted by molar-refractivity contribution is 9.10. The van der Waals surface area contributed by atoms with Gasteiger partial charge in [-0.05, 0) is 34.5 Å². The molecule has 5 heteroatoms. The fourth-order valence-corrected chi connectivity index (χ4v) is 1.17. The Morgan fingerprint density at radius 3 is 2.93 bits per heavy atom. The molecule has 1 aromatic rings. The molecule has 0 amide bonds. The van der Waals surface area contributed by atoms with Crippen LogP contribution >= 0.6 is 15.9 Å². The summed E-state index contributed by atoms with van der Waals surface area (Å²) in [4.78, 5) is 14.3. The number of hydrogen-bond donors (Lipinski definition) is 2. The Morgan fingerprint density at radius 1 is 1.57 bits per heavy atom. The van der Waals surface area contributed by atoms with Crippen LogP contribution in [-0.2, 0) is 4.79 Å². The Kier molecular flexibility index (Phi) is 4.39. The van der Waals surface area contributed by atoms with Gasteiger partial charge in [-0.25, -0.2) is 4.98 Å². The fourth-order valence-electron chi connectivity index (χ4n) is 0.936. The zero-order valence-electron chi connectivity index (χ0n) is 7.53. The topological polar surface area (TPSA) is 62.2 Å². The fraction of sp³-hybridized carbons (Fsp3) is 0.333. The number of rotatable bonds is 5. The van der Waals surface area contributed by atoms with E-state index in [1.54, 1.807) is 6.20 Å². The number of carboxylic acids is 1. The molecule has 0 saturated carbocycles. The lowest BCUT2D eigenvalue weighted by atomic mass is 10.3. The highest BCUT2D eigenvalue weighted by Gasteiger charge is 1.96. The van der Waals surface area contributed by atoms with Gasteiger partial charge in [-0.2, -0.15) is 0 Å². The highest BCUT2D eigenvalue weighted by Crippen LogP contribution is 2.10. The summed E-state index contributed by atoms with van der Waals surface area (Å²) in [6.45, 7) is 0.626. The van der Waals surface area contributed by atoms with E-state index in [1.165, 1.54) is 0 Å². The molecule has 0 aromatic carbocycles. The predicted molar refractivity (Wildman–Crippen MR) is 57.3 cm³/mol. The molecular formula is C9H11BrN2O2. The lowest BCUT2D eigenvalue weighted by molar-refractivity contribution is -0.137. The van der Waals surface area contributed by atoms with Crippen LogP contribution in [0.4, 0.5) is 5.82 Å². The van der Waals surface area contributed by atoms with E-state index in [4.69, 9.17) is 5.11 Å². The average molecular weight is 259 g/mol. The molecule has 0 bridgehead atoms. The maximum atomic E-state index is 10.2. The Balaban J connectivity index is 2.25. The number of nitrogens with one attached hydrogen (secondary N) is 1. The zero-order chi connectivity index (χ0) is 10.4. The van der Waals surface area contributed by atoms with Crippen molar-refractivity contribution < 1.29 is 9.90 Å². The van der Waals surface area contributed by atoms with E-state index in [2.05, 4.69) is 26.2 Å². The SMILES string of the molecule is O=C(O)CCCNc1ccc(Br)cn1. The second-order valence-electron chi connectivity index (χ2n) is 2.79. The second-order valence-corrected chi connectivity index (χ2v) is 3.70. The predicted octanol–water partition coefficient (Wildman–Crippen LogP) is 2.12. The Morgan fingerprint density at radius 2 is 2.36 bits per heavy atom. The molecule has 0 spiro atoms. The number of carboxylic acid groups (broad SMARTS) is 1. The van der Waals surface area contributed by atoms with Gasteiger partial charge in [-0.15, -0.1) is 0 Å². The van der Waals surface area contributed by atoms with Gasteiger partial charge in [0.25, 0.3) is 0 Å². The van der Waals surface area contributed by atoms with Gasteiger partial charge in [-0.1, -0.05) is 0 Å². The molecule has 0 aliphatic carbocycles. The van der Waals surface area contributed by atoms with Crippen molar-refractivity contribution >= 4 is 27.7 Å². The van der Waals surface area contributed by atoms with Gasteiger partial charge < -0.3 is 10.4 Å². The summed E-state index contributed by atoms with van der Waals surface area (Å²) in [5, 5.41) is 11.4. The number of carbonyl (C=O) groups is 1. The minimum absolute atomic E-state index is 0.184. The number of pyridine rings is 1. The van der Waals surface area contributed by atoms with E-state index in [0.29, 0.717) is 13.0 Å². The second kappa shape index (κ2) is 5.59. The van der Waals surface area contributed by atoms with Crippen molar-refractivity contribution in [2.75, 3.05) is 11.9 Å². The van der Waals surface area contributed by atoms with Crippen LogP contribution < -0.4 is 5.32 Å². The molecule has 0 atom stereocenters. The van der Waals surface area contributed by atoms with Gasteiger partial charge >= 0.3 is 5.97 Å². The first kappa shape index (κ1) is 11.0. The normalized spacial score (nSPS) is 9.79. The van der Waals surface area contributed by atoms with Crippen molar-refractivity contribution in [3.63, 3.8) is 0 Å². The zero-order valence-corrected chi connectivity index (χ0v) is 9.12. The van der Waals surface area contributed by atoms with E-state index < -0.39 is 5.97 Å². The van der Waals surface area contributed by atoms with Gasteiger partial charge in [0.1, 0.15) is 5.82 Å². The molecule has 0 saturated heterocycles. The summed E-state index contributed by atoms with van der Waals surface area (Å²) in [6, 6.07) is 3.72. The number of aromatic nitrogens is 1. The molecule has 1 heterocycles. The van der Waals surface area contributed by atoms with Gasteiger partial charge in [0.2, 0.25) is 0 Å². The van der Waals surface area contributed by atoms with E-state index in [1.807, 2.05) is 12.1 Å². The largest absolute Gasteiger partial charge is 0.481 e. The molecule has 4 nitrogen and oxygen atoms in total. The Bertz CT molecular complexity index is 300. The molecule has 1 rings (SSSR count). The molecule has 0 aliphatic heterocycles. The highest BCUT2D eigenvalue weighted by atomic mass is 79.9. The van der Waals surface area contributed by atoms with Crippen LogP contribution in [0.15, 0.2) is 22.8 Å². The summed E-state index contributed by atoms with van der Waals surface area (Å²) in [6.07, 6.45) is 2.48. The molecule has 0 unspecified atom stereocenters. The third kappa shape index (κ3) is 4.23. The molecule has 1 aromatic heterocycles. The van der Waals surface area contributed by atoms with E-state index in [9.17, 15) is 4.79 Å². The molecular weight excluding hydrogens is 248 g/mol. The van der Waals surface area contributed by atoms with Crippen molar-refractivity contribution in [2.24, 2.45) is 0 Å². The number of anilines is 1. The van der Waals surface area contributed by atoms with E-state index in [0.717, 1.165) is 10.3 Å². The van der Waals surface area contributed by atoms with Crippen LogP contribution in [0.1, 0.15) is 12.8 Å². The summed E-state index contributed by atoms with van der Waals surface area (Å²) >= 11 is 3.28. The van der Waals surface area contributed by atoms with Crippen molar-refractivity contribution in [1.29, 1.82) is 0 Å². The van der Waals surface area contributed by atoms with E-state index in [-0.39, 0.29) is 6.42 Å². The third-order valence-corrected chi connectivity index (χ3v) is 2.07. The molecule has 0 aliphatic rings. The summed E-state index contributed by atoms with van der Waals surface area (Å²) in [5.41, 5.74) is 0. The summed E-state index contributed by atoms with van der Waals surface area (Å²) < 4.78 is 0.925. The smallest absolute Gasteiger partial charge is 0.303 e. The number of hydrogen-bond acceptors (Lipinski definition) is 3. The van der Waals surface area contributed by atoms with Crippen LogP contribution in [0.2, 0.25) is 0 Å². The maximum Gasteiger partial charge on any atom is 0.303 e. The van der Waals surface area contributed by atoms with Crippen molar-refractivity contribution in [3.05, 3.63) is 22.8 Å². The summed E-state index contributed by atoms with van der Waals surface area (Å²) in [5.74, 6) is -0.00541. The van der Waals surface area contributed by atoms with Gasteiger partial charge in [0.15, 0.2) is 0 Å². The number of halogens is 1.